The van der Waals surface area contributed by atoms with Gasteiger partial charge >= 0.3 is 5.56 Å². The average Bonchev–Trinajstić information content (AvgIpc) is 2.84. The standard InChI is InChI=1S/C10H11N4O2/c1-6-2-3-7(16-6)14-5-13-8-9(14)11-4-12-10(8)15/h4-7H,1-3H2,(H,11,12,15)/t6-,7+/m0/s1. The number of nitrogens with zero attached hydrogens (tertiary/aromatic N) is 3. The molecule has 1 N–H and O–H groups in total. The van der Waals surface area contributed by atoms with Crippen LogP contribution in [-0.2, 0) is 4.74 Å². The van der Waals surface area contributed by atoms with Crippen LogP contribution in [0.1, 0.15) is 19.1 Å². The zero-order chi connectivity index (χ0) is 11.1. The lowest BCUT2D eigenvalue weighted by Gasteiger charge is -2.12. The first-order chi connectivity index (χ1) is 7.75. The molecule has 6 heteroatoms. The summed E-state index contributed by atoms with van der Waals surface area (Å²) in [6.45, 7) is 3.85. The van der Waals surface area contributed by atoms with Crippen molar-refractivity contribution in [3.05, 3.63) is 29.9 Å². The highest BCUT2D eigenvalue weighted by Crippen LogP contribution is 2.28. The van der Waals surface area contributed by atoms with Crippen LogP contribution in [0.5, 0.6) is 0 Å². The van der Waals surface area contributed by atoms with Gasteiger partial charge in [-0.15, -0.1) is 0 Å². The Bertz CT molecular complexity index is 573. The Hall–Kier alpha value is -1.69. The predicted octanol–water partition coefficient (Wildman–Crippen LogP) is 0.631. The summed E-state index contributed by atoms with van der Waals surface area (Å²) in [6, 6.07) is 0. The van der Waals surface area contributed by atoms with Gasteiger partial charge in [-0.05, 0) is 19.8 Å². The number of hydrogen-bond donors (Lipinski definition) is 1. The minimum Gasteiger partial charge on any atom is -0.355 e. The molecule has 0 unspecified atom stereocenters. The van der Waals surface area contributed by atoms with Gasteiger partial charge in [0.15, 0.2) is 5.52 Å². The molecule has 83 valence electrons. The third-order valence-electron chi connectivity index (χ3n) is 2.77. The van der Waals surface area contributed by atoms with E-state index in [2.05, 4.69) is 21.9 Å². The third kappa shape index (κ3) is 1.34. The summed E-state index contributed by atoms with van der Waals surface area (Å²) in [5, 5.41) is 0. The molecule has 1 aliphatic heterocycles. The molecule has 0 aromatic carbocycles. The van der Waals surface area contributed by atoms with Crippen LogP contribution in [-0.4, -0.2) is 25.6 Å². The zero-order valence-electron chi connectivity index (χ0n) is 8.59. The highest BCUT2D eigenvalue weighted by atomic mass is 16.5. The van der Waals surface area contributed by atoms with E-state index < -0.39 is 0 Å². The maximum absolute atomic E-state index is 11.4. The van der Waals surface area contributed by atoms with E-state index in [-0.39, 0.29) is 17.9 Å². The Morgan fingerprint density at radius 3 is 3.12 bits per heavy atom. The quantitative estimate of drug-likeness (QED) is 0.763. The largest absolute Gasteiger partial charge is 0.355 e. The van der Waals surface area contributed by atoms with E-state index >= 15 is 0 Å². The summed E-state index contributed by atoms with van der Waals surface area (Å²) < 4.78 is 7.45. The summed E-state index contributed by atoms with van der Waals surface area (Å²) in [6.07, 6.45) is 4.69. The van der Waals surface area contributed by atoms with Crippen molar-refractivity contribution < 1.29 is 4.74 Å². The molecule has 3 heterocycles. The van der Waals surface area contributed by atoms with Crippen molar-refractivity contribution in [2.75, 3.05) is 0 Å². The third-order valence-corrected chi connectivity index (χ3v) is 2.77. The lowest BCUT2D eigenvalue weighted by Crippen LogP contribution is -2.11. The molecule has 1 aliphatic rings. The van der Waals surface area contributed by atoms with E-state index in [1.165, 1.54) is 6.33 Å². The Morgan fingerprint density at radius 1 is 1.50 bits per heavy atom. The van der Waals surface area contributed by atoms with E-state index in [9.17, 15) is 4.79 Å². The Morgan fingerprint density at radius 2 is 2.38 bits per heavy atom. The van der Waals surface area contributed by atoms with Gasteiger partial charge in [0.05, 0.1) is 18.8 Å². The summed E-state index contributed by atoms with van der Waals surface area (Å²) >= 11 is 0. The molecule has 0 spiro atoms. The van der Waals surface area contributed by atoms with Crippen molar-refractivity contribution in [1.82, 2.24) is 19.5 Å². The Labute approximate surface area is 91.3 Å². The molecule has 0 aliphatic carbocycles. The molecule has 1 fully saturated rings. The summed E-state index contributed by atoms with van der Waals surface area (Å²) in [5.41, 5.74) is 0.675. The van der Waals surface area contributed by atoms with Crippen molar-refractivity contribution in [1.29, 1.82) is 0 Å². The maximum atomic E-state index is 11.4. The molecule has 2 atom stereocenters. The molecular formula is C10H11N4O2. The number of nitrogens with one attached hydrogen (secondary N) is 1. The van der Waals surface area contributed by atoms with Crippen molar-refractivity contribution in [3.8, 4) is 0 Å². The summed E-state index contributed by atoms with van der Waals surface area (Å²) in [5.74, 6) is 0. The normalized spacial score (nSPS) is 25.3. The first kappa shape index (κ1) is 9.53. The molecule has 3 rings (SSSR count). The number of ether oxygens (including phenoxy) is 1. The molecular weight excluding hydrogens is 208 g/mol. The number of H-pyrrole nitrogens is 1. The number of imidazole rings is 1. The molecule has 1 saturated heterocycles. The number of fused-ring (bicyclic) bond motifs is 1. The van der Waals surface area contributed by atoms with Crippen molar-refractivity contribution in [3.63, 3.8) is 0 Å². The summed E-state index contributed by atoms with van der Waals surface area (Å²) in [7, 11) is 0. The number of aromatic nitrogens is 4. The van der Waals surface area contributed by atoms with Crippen LogP contribution >= 0.6 is 0 Å². The second-order valence-corrected chi connectivity index (χ2v) is 3.85. The van der Waals surface area contributed by atoms with Crippen LogP contribution in [0.15, 0.2) is 17.4 Å². The van der Waals surface area contributed by atoms with Gasteiger partial charge in [-0.1, -0.05) is 0 Å². The molecule has 16 heavy (non-hydrogen) atoms. The number of hydrogen-bond acceptors (Lipinski definition) is 4. The van der Waals surface area contributed by atoms with Gasteiger partial charge in [0.2, 0.25) is 0 Å². The van der Waals surface area contributed by atoms with Crippen LogP contribution in [0.25, 0.3) is 11.2 Å². The minimum atomic E-state index is -0.323. The fourth-order valence-electron chi connectivity index (χ4n) is 1.98. The van der Waals surface area contributed by atoms with Gasteiger partial charge in [0.25, 0.3) is 0 Å². The first-order valence-corrected chi connectivity index (χ1v) is 5.14. The van der Waals surface area contributed by atoms with E-state index in [4.69, 9.17) is 4.74 Å². The monoisotopic (exact) mass is 219 g/mol. The van der Waals surface area contributed by atoms with Gasteiger partial charge in [-0.2, -0.15) is 4.98 Å². The van der Waals surface area contributed by atoms with Crippen LogP contribution in [0.2, 0.25) is 0 Å². The van der Waals surface area contributed by atoms with E-state index in [0.29, 0.717) is 11.2 Å². The minimum absolute atomic E-state index is 0.0102. The van der Waals surface area contributed by atoms with Gasteiger partial charge < -0.3 is 9.72 Å². The van der Waals surface area contributed by atoms with Crippen molar-refractivity contribution in [2.45, 2.75) is 25.2 Å². The average molecular weight is 219 g/mol. The van der Waals surface area contributed by atoms with Crippen LogP contribution in [0.3, 0.4) is 0 Å². The molecule has 0 amide bonds. The predicted molar refractivity (Wildman–Crippen MR) is 56.6 cm³/mol. The zero-order valence-corrected chi connectivity index (χ0v) is 8.59. The SMILES string of the molecule is [CH2][C@H]1CC[C@H](n2cnc3c(=O)nc[nH]c32)O1. The highest BCUT2D eigenvalue weighted by molar-refractivity contribution is 5.68. The lowest BCUT2D eigenvalue weighted by atomic mass is 10.2. The van der Waals surface area contributed by atoms with E-state index in [1.807, 2.05) is 4.57 Å². The van der Waals surface area contributed by atoms with Gasteiger partial charge in [0, 0.05) is 0 Å². The van der Waals surface area contributed by atoms with Crippen LogP contribution in [0.4, 0.5) is 0 Å². The number of aromatic amines is 1. The smallest absolute Gasteiger partial charge is 0.300 e. The van der Waals surface area contributed by atoms with Gasteiger partial charge in [-0.25, -0.2) is 4.98 Å². The fourth-order valence-corrected chi connectivity index (χ4v) is 1.98. The van der Waals surface area contributed by atoms with Crippen LogP contribution in [0, 0.1) is 6.92 Å². The van der Waals surface area contributed by atoms with Crippen molar-refractivity contribution >= 4 is 11.2 Å². The fraction of sp³-hybridized carbons (Fsp3) is 0.400. The number of rotatable bonds is 1. The second kappa shape index (κ2) is 3.41. The molecule has 1 radical (unpaired) electrons. The molecule has 2 aromatic heterocycles. The maximum Gasteiger partial charge on any atom is 0.300 e. The first-order valence-electron chi connectivity index (χ1n) is 5.14. The summed E-state index contributed by atoms with van der Waals surface area (Å²) in [4.78, 5) is 22.0. The Kier molecular flexibility index (Phi) is 2.03. The second-order valence-electron chi connectivity index (χ2n) is 3.85. The molecule has 0 bridgehead atoms. The molecule has 6 nitrogen and oxygen atoms in total. The van der Waals surface area contributed by atoms with E-state index in [0.717, 1.165) is 12.8 Å². The van der Waals surface area contributed by atoms with Gasteiger partial charge in [0.1, 0.15) is 11.9 Å². The van der Waals surface area contributed by atoms with Gasteiger partial charge in [-0.3, -0.25) is 9.36 Å². The molecule has 0 saturated carbocycles. The lowest BCUT2D eigenvalue weighted by molar-refractivity contribution is 0.0246. The Balaban J connectivity index is 2.11. The molecule has 2 aromatic rings. The van der Waals surface area contributed by atoms with Crippen LogP contribution < -0.4 is 5.56 Å². The van der Waals surface area contributed by atoms with E-state index in [1.54, 1.807) is 6.33 Å². The van der Waals surface area contributed by atoms with Crippen molar-refractivity contribution in [2.24, 2.45) is 0 Å². The highest BCUT2D eigenvalue weighted by Gasteiger charge is 2.25. The topological polar surface area (TPSA) is 72.8 Å².